The van der Waals surface area contributed by atoms with E-state index in [0.29, 0.717) is 12.3 Å². The van der Waals surface area contributed by atoms with Crippen LogP contribution in [0, 0.1) is 18.8 Å². The molecule has 3 atom stereocenters. The Bertz CT molecular complexity index is 806. The number of carbonyl (C=O) groups is 1. The highest BCUT2D eigenvalue weighted by molar-refractivity contribution is 7.90. The van der Waals surface area contributed by atoms with Crippen LogP contribution in [0.25, 0.3) is 0 Å². The molecule has 1 aromatic rings. The molecule has 2 bridgehead atoms. The number of fused-ring (bicyclic) bond motifs is 2. The highest BCUT2D eigenvalue weighted by Gasteiger charge is 2.46. The van der Waals surface area contributed by atoms with Gasteiger partial charge < -0.3 is 0 Å². The Morgan fingerprint density at radius 1 is 1.36 bits per heavy atom. The summed E-state index contributed by atoms with van der Waals surface area (Å²) in [5.41, 5.74) is -1.35. The van der Waals surface area contributed by atoms with Crippen molar-refractivity contribution in [2.45, 2.75) is 50.6 Å². The van der Waals surface area contributed by atoms with Crippen LogP contribution in [0.15, 0.2) is 0 Å². The van der Waals surface area contributed by atoms with Gasteiger partial charge in [-0.3, -0.25) is 14.2 Å². The molecule has 0 radical (unpaired) electrons. The van der Waals surface area contributed by atoms with E-state index in [9.17, 15) is 26.4 Å². The summed E-state index contributed by atoms with van der Waals surface area (Å²) >= 11 is 5.61. The lowest BCUT2D eigenvalue weighted by Crippen LogP contribution is -2.42. The predicted molar refractivity (Wildman–Crippen MR) is 83.3 cm³/mol. The molecule has 0 saturated heterocycles. The number of amides is 1. The lowest BCUT2D eigenvalue weighted by Gasteiger charge is -2.21. The Morgan fingerprint density at radius 2 is 2.04 bits per heavy atom. The Balaban J connectivity index is 1.71. The monoisotopic (exact) mass is 399 g/mol. The number of nitrogens with one attached hydrogen (secondary N) is 1. The van der Waals surface area contributed by atoms with Gasteiger partial charge in [-0.1, -0.05) is 18.0 Å². The van der Waals surface area contributed by atoms with Crippen LogP contribution in [-0.2, 0) is 27.5 Å². The minimum Gasteiger partial charge on any atom is -0.272 e. The summed E-state index contributed by atoms with van der Waals surface area (Å²) in [4.78, 5) is 12.0. The van der Waals surface area contributed by atoms with Crippen molar-refractivity contribution in [2.24, 2.45) is 11.8 Å². The second kappa shape index (κ2) is 6.15. The lowest BCUT2D eigenvalue weighted by atomic mass is 10.0. The Labute approximate surface area is 147 Å². The second-order valence-electron chi connectivity index (χ2n) is 6.69. The molecule has 2 saturated carbocycles. The third kappa shape index (κ3) is 3.51. The quantitative estimate of drug-likeness (QED) is 0.843. The van der Waals surface area contributed by atoms with Gasteiger partial charge in [-0.05, 0) is 38.0 Å². The van der Waals surface area contributed by atoms with E-state index in [4.69, 9.17) is 11.6 Å². The molecule has 0 spiro atoms. The molecule has 3 rings (SSSR count). The first kappa shape index (κ1) is 18.5. The minimum absolute atomic E-state index is 0.0491. The van der Waals surface area contributed by atoms with Crippen molar-refractivity contribution in [1.29, 1.82) is 0 Å². The predicted octanol–water partition coefficient (Wildman–Crippen LogP) is 2.50. The van der Waals surface area contributed by atoms with Gasteiger partial charge in [-0.25, -0.2) is 8.42 Å². The fraction of sp³-hybridized carbons (Fsp3) is 0.714. The van der Waals surface area contributed by atoms with Crippen molar-refractivity contribution in [2.75, 3.05) is 0 Å². The SMILES string of the molecule is Cc1c(Cl)c(C(F)(F)F)nn1CC(=O)NS(=O)(=O)C1C[C@@H]2CC[C@H]1C2. The summed E-state index contributed by atoms with van der Waals surface area (Å²) in [6.07, 6.45) is -1.54. The number of carbonyl (C=O) groups excluding carboxylic acids is 1. The van der Waals surface area contributed by atoms with Crippen LogP contribution in [-0.4, -0.2) is 29.4 Å². The lowest BCUT2D eigenvalue weighted by molar-refractivity contribution is -0.141. The normalized spacial score (nSPS) is 26.2. The van der Waals surface area contributed by atoms with Gasteiger partial charge in [0.05, 0.1) is 16.0 Å². The molecule has 6 nitrogen and oxygen atoms in total. The van der Waals surface area contributed by atoms with E-state index in [1.807, 2.05) is 4.72 Å². The van der Waals surface area contributed by atoms with Crippen molar-refractivity contribution in [3.63, 3.8) is 0 Å². The molecule has 1 amide bonds. The zero-order valence-electron chi connectivity index (χ0n) is 13.3. The van der Waals surface area contributed by atoms with E-state index in [2.05, 4.69) is 5.10 Å². The molecule has 0 aromatic carbocycles. The van der Waals surface area contributed by atoms with Crippen molar-refractivity contribution >= 4 is 27.5 Å². The summed E-state index contributed by atoms with van der Waals surface area (Å²) in [5.74, 6) is -0.505. The molecular formula is C14H17ClF3N3O3S. The van der Waals surface area contributed by atoms with Gasteiger partial charge in [-0.2, -0.15) is 18.3 Å². The topological polar surface area (TPSA) is 81.1 Å². The average molecular weight is 400 g/mol. The summed E-state index contributed by atoms with van der Waals surface area (Å²) < 4.78 is 65.8. The minimum atomic E-state index is -4.75. The number of hydrogen-bond acceptors (Lipinski definition) is 4. The molecule has 2 aliphatic carbocycles. The number of hydrogen-bond donors (Lipinski definition) is 1. The van der Waals surface area contributed by atoms with E-state index >= 15 is 0 Å². The van der Waals surface area contributed by atoms with E-state index in [0.717, 1.165) is 23.9 Å². The highest BCUT2D eigenvalue weighted by atomic mass is 35.5. The number of nitrogens with zero attached hydrogens (tertiary/aromatic N) is 2. The molecular weight excluding hydrogens is 383 g/mol. The summed E-state index contributed by atoms with van der Waals surface area (Å²) in [6.45, 7) is 0.629. The van der Waals surface area contributed by atoms with E-state index in [1.165, 1.54) is 6.92 Å². The third-order valence-corrected chi connectivity index (χ3v) is 7.36. The number of alkyl halides is 3. The van der Waals surface area contributed by atoms with Gasteiger partial charge >= 0.3 is 6.18 Å². The van der Waals surface area contributed by atoms with Gasteiger partial charge in [-0.15, -0.1) is 0 Å². The smallest absolute Gasteiger partial charge is 0.272 e. The van der Waals surface area contributed by atoms with Crippen LogP contribution in [0.5, 0.6) is 0 Å². The molecule has 0 aliphatic heterocycles. The molecule has 2 aliphatic rings. The van der Waals surface area contributed by atoms with Crippen LogP contribution in [0.1, 0.15) is 37.1 Å². The molecule has 1 unspecified atom stereocenters. The number of halogens is 4. The number of rotatable bonds is 4. The first-order valence-electron chi connectivity index (χ1n) is 7.83. The van der Waals surface area contributed by atoms with E-state index < -0.39 is 44.6 Å². The molecule has 1 aromatic heterocycles. The summed E-state index contributed by atoms with van der Waals surface area (Å²) in [7, 11) is -3.85. The molecule has 140 valence electrons. The largest absolute Gasteiger partial charge is 0.436 e. The standard InChI is InChI=1S/C14H17ClF3N3O3S/c1-7-12(15)13(14(16,17)18)19-21(7)6-11(22)20-25(23,24)10-5-8-2-3-9(10)4-8/h8-10H,2-6H2,1H3,(H,20,22)/t8-,9+,10?/m1/s1. The maximum absolute atomic E-state index is 12.8. The number of aromatic nitrogens is 2. The van der Waals surface area contributed by atoms with Gasteiger partial charge in [0.15, 0.2) is 5.69 Å². The first-order chi connectivity index (χ1) is 11.5. The van der Waals surface area contributed by atoms with Crippen molar-refractivity contribution < 1.29 is 26.4 Å². The second-order valence-corrected chi connectivity index (χ2v) is 8.96. The van der Waals surface area contributed by atoms with Gasteiger partial charge in [0.2, 0.25) is 10.0 Å². The highest BCUT2D eigenvalue weighted by Crippen LogP contribution is 2.47. The van der Waals surface area contributed by atoms with Crippen LogP contribution < -0.4 is 4.72 Å². The number of sulfonamides is 1. The molecule has 1 heterocycles. The molecule has 1 N–H and O–H groups in total. The molecule has 2 fully saturated rings. The van der Waals surface area contributed by atoms with Gasteiger partial charge in [0, 0.05) is 0 Å². The van der Waals surface area contributed by atoms with Crippen molar-refractivity contribution in [3.05, 3.63) is 16.4 Å². The summed E-state index contributed by atoms with van der Waals surface area (Å²) in [5, 5.41) is 2.08. The van der Waals surface area contributed by atoms with Crippen molar-refractivity contribution in [3.8, 4) is 0 Å². The van der Waals surface area contributed by atoms with Crippen LogP contribution >= 0.6 is 11.6 Å². The van der Waals surface area contributed by atoms with Crippen LogP contribution in [0.3, 0.4) is 0 Å². The Kier molecular flexibility index (Phi) is 4.55. The zero-order chi connectivity index (χ0) is 18.6. The van der Waals surface area contributed by atoms with Gasteiger partial charge in [0.1, 0.15) is 6.54 Å². The maximum Gasteiger partial charge on any atom is 0.436 e. The van der Waals surface area contributed by atoms with Crippen LogP contribution in [0.4, 0.5) is 13.2 Å². The summed E-state index contributed by atoms with van der Waals surface area (Å²) in [6, 6.07) is 0. The van der Waals surface area contributed by atoms with Crippen molar-refractivity contribution in [1.82, 2.24) is 14.5 Å². The third-order valence-electron chi connectivity index (χ3n) is 5.02. The molecule has 25 heavy (non-hydrogen) atoms. The van der Waals surface area contributed by atoms with Gasteiger partial charge in [0.25, 0.3) is 5.91 Å². The fourth-order valence-corrected chi connectivity index (χ4v) is 5.88. The zero-order valence-corrected chi connectivity index (χ0v) is 14.9. The van der Waals surface area contributed by atoms with E-state index in [1.54, 1.807) is 0 Å². The van der Waals surface area contributed by atoms with Crippen LogP contribution in [0.2, 0.25) is 5.02 Å². The Hall–Kier alpha value is -1.29. The fourth-order valence-electron chi connectivity index (χ4n) is 3.83. The first-order valence-corrected chi connectivity index (χ1v) is 9.76. The average Bonchev–Trinajstić information content (AvgIpc) is 3.16. The molecule has 11 heteroatoms. The van der Waals surface area contributed by atoms with E-state index in [-0.39, 0.29) is 11.6 Å². The Morgan fingerprint density at radius 3 is 2.52 bits per heavy atom. The maximum atomic E-state index is 12.8.